The first-order valence-electron chi connectivity index (χ1n) is 8.74. The molecule has 0 saturated carbocycles. The van der Waals surface area contributed by atoms with Gasteiger partial charge < -0.3 is 14.4 Å². The van der Waals surface area contributed by atoms with Crippen LogP contribution in [0.5, 0.6) is 5.75 Å². The Morgan fingerprint density at radius 1 is 1.42 bits per heavy atom. The Kier molecular flexibility index (Phi) is 6.60. The maximum atomic E-state index is 13.4. The maximum Gasteiger partial charge on any atom is 0.257 e. The molecule has 0 aliphatic carbocycles. The molecule has 1 aromatic carbocycles. The van der Waals surface area contributed by atoms with E-state index in [4.69, 9.17) is 9.47 Å². The zero-order valence-electron chi connectivity index (χ0n) is 15.0. The minimum absolute atomic E-state index is 0.0241. The second kappa shape index (κ2) is 8.47. The number of nitrogens with zero attached hydrogens (tertiary/aromatic N) is 1. The number of benzene rings is 1. The minimum Gasteiger partial charge on any atom is -0.496 e. The average Bonchev–Trinajstić information content (AvgIpc) is 2.58. The molecule has 1 aliphatic rings. The molecule has 5 heteroatoms. The average molecular weight is 337 g/mol. The molecule has 1 heterocycles. The zero-order chi connectivity index (χ0) is 17.7. The van der Waals surface area contributed by atoms with Gasteiger partial charge in [-0.3, -0.25) is 4.79 Å². The van der Waals surface area contributed by atoms with Gasteiger partial charge in [-0.2, -0.15) is 0 Å². The second-order valence-electron chi connectivity index (χ2n) is 6.74. The molecule has 0 bridgehead atoms. The highest BCUT2D eigenvalue weighted by molar-refractivity contribution is 5.97. The number of morpholine rings is 1. The number of rotatable bonds is 6. The topological polar surface area (TPSA) is 38.8 Å². The highest BCUT2D eigenvalue weighted by Crippen LogP contribution is 2.26. The molecule has 1 saturated heterocycles. The zero-order valence-corrected chi connectivity index (χ0v) is 15.0. The Balaban J connectivity index is 2.20. The van der Waals surface area contributed by atoms with E-state index >= 15 is 0 Å². The SMILES string of the molecule is CCCC[C@@H]1CN(C(=O)c2ccc(F)cc2OC)C[C@H](C(C)C)O1. The highest BCUT2D eigenvalue weighted by Gasteiger charge is 2.33. The first kappa shape index (κ1) is 18.7. The molecule has 0 aromatic heterocycles. The number of carbonyl (C=O) groups is 1. The van der Waals surface area contributed by atoms with Gasteiger partial charge in [-0.15, -0.1) is 0 Å². The van der Waals surface area contributed by atoms with E-state index < -0.39 is 5.82 Å². The molecule has 2 rings (SSSR count). The third-order valence-corrected chi connectivity index (χ3v) is 4.50. The largest absolute Gasteiger partial charge is 0.496 e. The van der Waals surface area contributed by atoms with Crippen LogP contribution in [0.4, 0.5) is 4.39 Å². The molecule has 0 N–H and O–H groups in total. The summed E-state index contributed by atoms with van der Waals surface area (Å²) in [6.45, 7) is 7.49. The summed E-state index contributed by atoms with van der Waals surface area (Å²) in [5.74, 6) is 0.0751. The summed E-state index contributed by atoms with van der Waals surface area (Å²) in [5, 5.41) is 0. The fraction of sp³-hybridized carbons (Fsp3) is 0.632. The normalized spacial score (nSPS) is 21.2. The van der Waals surface area contributed by atoms with E-state index in [1.807, 2.05) is 4.90 Å². The molecule has 0 spiro atoms. The standard InChI is InChI=1S/C19H28FNO3/c1-5-6-7-15-11-21(12-18(24-15)13(2)3)19(22)16-9-8-14(20)10-17(16)23-4/h8-10,13,15,18H,5-7,11-12H2,1-4H3/t15-,18-/m1/s1. The van der Waals surface area contributed by atoms with Crippen molar-refractivity contribution in [2.24, 2.45) is 5.92 Å². The van der Waals surface area contributed by atoms with E-state index in [1.54, 1.807) is 0 Å². The summed E-state index contributed by atoms with van der Waals surface area (Å²) in [5.41, 5.74) is 0.401. The first-order valence-corrected chi connectivity index (χ1v) is 8.74. The predicted octanol–water partition coefficient (Wildman–Crippen LogP) is 3.89. The van der Waals surface area contributed by atoms with Crippen molar-refractivity contribution >= 4 is 5.91 Å². The summed E-state index contributed by atoms with van der Waals surface area (Å²) in [6.07, 6.45) is 3.21. The summed E-state index contributed by atoms with van der Waals surface area (Å²) >= 11 is 0. The Hall–Kier alpha value is -1.62. The molecule has 1 fully saturated rings. The van der Waals surface area contributed by atoms with Crippen LogP contribution in [0.3, 0.4) is 0 Å². The molecule has 134 valence electrons. The van der Waals surface area contributed by atoms with Crippen LogP contribution in [-0.2, 0) is 4.74 Å². The molecule has 1 aromatic rings. The summed E-state index contributed by atoms with van der Waals surface area (Å²) in [6, 6.07) is 4.05. The van der Waals surface area contributed by atoms with Gasteiger partial charge in [0.05, 0.1) is 24.9 Å². The number of hydrogen-bond donors (Lipinski definition) is 0. The van der Waals surface area contributed by atoms with Crippen molar-refractivity contribution in [3.63, 3.8) is 0 Å². The van der Waals surface area contributed by atoms with Gasteiger partial charge in [-0.25, -0.2) is 4.39 Å². The first-order chi connectivity index (χ1) is 11.5. The minimum atomic E-state index is -0.411. The third kappa shape index (κ3) is 4.47. The summed E-state index contributed by atoms with van der Waals surface area (Å²) in [7, 11) is 1.45. The van der Waals surface area contributed by atoms with Crippen molar-refractivity contribution in [3.8, 4) is 5.75 Å². The molecule has 0 radical (unpaired) electrons. The van der Waals surface area contributed by atoms with Crippen LogP contribution < -0.4 is 4.74 Å². The van der Waals surface area contributed by atoms with E-state index in [1.165, 1.54) is 25.3 Å². The molecule has 1 amide bonds. The Bertz CT molecular complexity index is 562. The molecular weight excluding hydrogens is 309 g/mol. The third-order valence-electron chi connectivity index (χ3n) is 4.50. The van der Waals surface area contributed by atoms with Crippen molar-refractivity contribution in [2.75, 3.05) is 20.2 Å². The van der Waals surface area contributed by atoms with Gasteiger partial charge in [-0.1, -0.05) is 33.6 Å². The molecule has 1 aliphatic heterocycles. The molecular formula is C19H28FNO3. The summed E-state index contributed by atoms with van der Waals surface area (Å²) < 4.78 is 24.7. The Labute approximate surface area is 143 Å². The summed E-state index contributed by atoms with van der Waals surface area (Å²) in [4.78, 5) is 14.8. The number of hydrogen-bond acceptors (Lipinski definition) is 3. The van der Waals surface area contributed by atoms with Crippen LogP contribution >= 0.6 is 0 Å². The van der Waals surface area contributed by atoms with Crippen LogP contribution in [0.1, 0.15) is 50.4 Å². The van der Waals surface area contributed by atoms with Crippen LogP contribution in [0, 0.1) is 11.7 Å². The molecule has 24 heavy (non-hydrogen) atoms. The number of ether oxygens (including phenoxy) is 2. The van der Waals surface area contributed by atoms with Crippen molar-refractivity contribution in [1.29, 1.82) is 0 Å². The van der Waals surface area contributed by atoms with Crippen molar-refractivity contribution in [2.45, 2.75) is 52.2 Å². The van der Waals surface area contributed by atoms with Gasteiger partial charge in [0, 0.05) is 19.2 Å². The smallest absolute Gasteiger partial charge is 0.257 e. The number of amides is 1. The van der Waals surface area contributed by atoms with Gasteiger partial charge in [0.25, 0.3) is 5.91 Å². The van der Waals surface area contributed by atoms with Crippen molar-refractivity contribution < 1.29 is 18.7 Å². The van der Waals surface area contributed by atoms with Gasteiger partial charge >= 0.3 is 0 Å². The number of carbonyl (C=O) groups excluding carboxylic acids is 1. The Morgan fingerprint density at radius 3 is 2.79 bits per heavy atom. The maximum absolute atomic E-state index is 13.4. The van der Waals surface area contributed by atoms with Crippen LogP contribution in [0.25, 0.3) is 0 Å². The van der Waals surface area contributed by atoms with Crippen molar-refractivity contribution in [1.82, 2.24) is 4.90 Å². The van der Waals surface area contributed by atoms with E-state index in [0.29, 0.717) is 24.6 Å². The fourth-order valence-electron chi connectivity index (χ4n) is 3.01. The number of methoxy groups -OCH3 is 1. The van der Waals surface area contributed by atoms with Gasteiger partial charge in [0.1, 0.15) is 11.6 Å². The monoisotopic (exact) mass is 337 g/mol. The molecule has 2 atom stereocenters. The van der Waals surface area contributed by atoms with E-state index in [9.17, 15) is 9.18 Å². The van der Waals surface area contributed by atoms with Crippen LogP contribution in [0.15, 0.2) is 18.2 Å². The second-order valence-corrected chi connectivity index (χ2v) is 6.74. The van der Waals surface area contributed by atoms with E-state index in [-0.39, 0.29) is 23.9 Å². The van der Waals surface area contributed by atoms with Crippen LogP contribution in [0.2, 0.25) is 0 Å². The van der Waals surface area contributed by atoms with Crippen molar-refractivity contribution in [3.05, 3.63) is 29.6 Å². The van der Waals surface area contributed by atoms with Gasteiger partial charge in [-0.05, 0) is 24.5 Å². The number of unbranched alkanes of at least 4 members (excludes halogenated alkanes) is 1. The fourth-order valence-corrected chi connectivity index (χ4v) is 3.01. The number of halogens is 1. The molecule has 4 nitrogen and oxygen atoms in total. The Morgan fingerprint density at radius 2 is 2.17 bits per heavy atom. The van der Waals surface area contributed by atoms with Gasteiger partial charge in [0.2, 0.25) is 0 Å². The highest BCUT2D eigenvalue weighted by atomic mass is 19.1. The van der Waals surface area contributed by atoms with E-state index in [0.717, 1.165) is 19.3 Å². The molecule has 0 unspecified atom stereocenters. The van der Waals surface area contributed by atoms with E-state index in [2.05, 4.69) is 20.8 Å². The lowest BCUT2D eigenvalue weighted by Crippen LogP contribution is -2.51. The van der Waals surface area contributed by atoms with Gasteiger partial charge in [0.15, 0.2) is 0 Å². The lowest BCUT2D eigenvalue weighted by Gasteiger charge is -2.40. The van der Waals surface area contributed by atoms with Crippen LogP contribution in [-0.4, -0.2) is 43.2 Å². The quantitative estimate of drug-likeness (QED) is 0.790. The lowest BCUT2D eigenvalue weighted by molar-refractivity contribution is -0.0963. The predicted molar refractivity (Wildman–Crippen MR) is 91.9 cm³/mol. The lowest BCUT2D eigenvalue weighted by atomic mass is 10.0.